The van der Waals surface area contributed by atoms with E-state index < -0.39 is 24.2 Å². The minimum Gasteiger partial charge on any atom is -0.317 e. The molecule has 0 bridgehead atoms. The van der Waals surface area contributed by atoms with Crippen molar-refractivity contribution in [2.45, 2.75) is 50.5 Å². The van der Waals surface area contributed by atoms with E-state index in [1.807, 2.05) is 11.0 Å². The maximum atomic E-state index is 14.0. The first kappa shape index (κ1) is 25.9. The number of fused-ring (bicyclic) bond motifs is 1. The summed E-state index contributed by atoms with van der Waals surface area (Å²) in [4.78, 5) is 40.4. The van der Waals surface area contributed by atoms with Gasteiger partial charge in [0.2, 0.25) is 11.8 Å². The Balaban J connectivity index is 1.33. The van der Waals surface area contributed by atoms with E-state index in [1.165, 1.54) is 9.13 Å². The van der Waals surface area contributed by atoms with Gasteiger partial charge >= 0.3 is 11.9 Å². The number of halogens is 3. The molecule has 3 saturated heterocycles. The van der Waals surface area contributed by atoms with Crippen molar-refractivity contribution in [1.82, 2.24) is 29.6 Å². The number of amides is 2. The molecule has 3 aliphatic heterocycles. The zero-order valence-electron chi connectivity index (χ0n) is 20.9. The maximum absolute atomic E-state index is 14.0. The molecule has 5 rings (SSSR count). The number of carbonyl (C=O) groups is 2. The van der Waals surface area contributed by atoms with Gasteiger partial charge in [-0.25, -0.2) is 4.79 Å². The van der Waals surface area contributed by atoms with E-state index in [1.54, 1.807) is 24.1 Å². The van der Waals surface area contributed by atoms with E-state index in [0.717, 1.165) is 31.5 Å². The van der Waals surface area contributed by atoms with Crippen molar-refractivity contribution >= 4 is 22.8 Å². The minimum atomic E-state index is -4.31. The maximum Gasteiger partial charge on any atom is 0.405 e. The van der Waals surface area contributed by atoms with Gasteiger partial charge in [0.05, 0.1) is 11.0 Å². The fraction of sp³-hybridized carbons (Fsp3) is 0.640. The Morgan fingerprint density at radius 2 is 1.78 bits per heavy atom. The number of alkyl halides is 3. The van der Waals surface area contributed by atoms with Gasteiger partial charge in [-0.2, -0.15) is 13.2 Å². The summed E-state index contributed by atoms with van der Waals surface area (Å²) in [6, 6.07) is 3.07. The number of hydrogen-bond acceptors (Lipinski definition) is 6. The molecule has 0 radical (unpaired) electrons. The highest BCUT2D eigenvalue weighted by molar-refractivity contribution is 6.00. The van der Waals surface area contributed by atoms with Gasteiger partial charge < -0.3 is 5.32 Å². The number of piperidine rings is 2. The highest BCUT2D eigenvalue weighted by Gasteiger charge is 2.46. The summed E-state index contributed by atoms with van der Waals surface area (Å²) in [6.07, 6.45) is -2.10. The largest absolute Gasteiger partial charge is 0.405 e. The van der Waals surface area contributed by atoms with Crippen LogP contribution in [0, 0.1) is 5.92 Å². The SMILES string of the molecule is Cn1c(=O)n(C2CCC(=O)NC2=O)c2ccc(CN3CCN(CC4CCNCC4)C(C(F)(F)F)C3)cc21. The average molecular weight is 523 g/mol. The third-order valence-corrected chi connectivity index (χ3v) is 7.99. The third kappa shape index (κ3) is 5.32. The number of hydrogen-bond donors (Lipinski definition) is 2. The molecule has 2 atom stereocenters. The first-order valence-electron chi connectivity index (χ1n) is 12.9. The third-order valence-electron chi connectivity index (χ3n) is 7.99. The predicted molar refractivity (Wildman–Crippen MR) is 131 cm³/mol. The van der Waals surface area contributed by atoms with Gasteiger partial charge in [0.15, 0.2) is 0 Å². The van der Waals surface area contributed by atoms with Crippen LogP contribution in [0.25, 0.3) is 11.0 Å². The highest BCUT2D eigenvalue weighted by Crippen LogP contribution is 2.31. The predicted octanol–water partition coefficient (Wildman–Crippen LogP) is 1.37. The summed E-state index contributed by atoms with van der Waals surface area (Å²) in [5.41, 5.74) is 1.59. The Bertz CT molecular complexity index is 1230. The fourth-order valence-electron chi connectivity index (χ4n) is 5.94. The first-order chi connectivity index (χ1) is 17.6. The molecule has 3 fully saturated rings. The lowest BCUT2D eigenvalue weighted by molar-refractivity contribution is -0.199. The molecule has 2 N–H and O–H groups in total. The second-order valence-corrected chi connectivity index (χ2v) is 10.5. The molecule has 0 saturated carbocycles. The van der Waals surface area contributed by atoms with Crippen molar-refractivity contribution < 1.29 is 22.8 Å². The summed E-state index contributed by atoms with van der Waals surface area (Å²) >= 11 is 0. The van der Waals surface area contributed by atoms with Crippen molar-refractivity contribution in [3.05, 3.63) is 34.2 Å². The van der Waals surface area contributed by atoms with E-state index in [0.29, 0.717) is 37.2 Å². The summed E-state index contributed by atoms with van der Waals surface area (Å²) in [5.74, 6) is -0.574. The lowest BCUT2D eigenvalue weighted by Crippen LogP contribution is -2.59. The lowest BCUT2D eigenvalue weighted by atomic mass is 9.96. The zero-order valence-corrected chi connectivity index (χ0v) is 20.9. The molecule has 12 heteroatoms. The number of rotatable bonds is 5. The summed E-state index contributed by atoms with van der Waals surface area (Å²) in [6.45, 7) is 3.33. The molecule has 1 aromatic carbocycles. The fourth-order valence-corrected chi connectivity index (χ4v) is 5.94. The molecule has 2 unspecified atom stereocenters. The lowest BCUT2D eigenvalue weighted by Gasteiger charge is -2.43. The van der Waals surface area contributed by atoms with Crippen LogP contribution < -0.4 is 16.3 Å². The van der Waals surface area contributed by atoms with Gasteiger partial charge in [0, 0.05) is 46.2 Å². The molecule has 37 heavy (non-hydrogen) atoms. The number of imide groups is 1. The van der Waals surface area contributed by atoms with Crippen LogP contribution in [-0.4, -0.2) is 82.2 Å². The van der Waals surface area contributed by atoms with Crippen LogP contribution >= 0.6 is 0 Å². The van der Waals surface area contributed by atoms with E-state index in [4.69, 9.17) is 0 Å². The van der Waals surface area contributed by atoms with Crippen LogP contribution in [0.1, 0.15) is 37.3 Å². The van der Waals surface area contributed by atoms with Gasteiger partial charge in [-0.05, 0) is 56.0 Å². The second-order valence-electron chi connectivity index (χ2n) is 10.5. The van der Waals surface area contributed by atoms with Crippen LogP contribution in [-0.2, 0) is 23.2 Å². The zero-order chi connectivity index (χ0) is 26.3. The standard InChI is InChI=1S/C25H33F3N6O3/c1-31-20-12-17(2-3-18(20)34(24(31)37)19-4-5-22(35)30-23(19)36)13-32-10-11-33(21(15-32)25(26,27)28)14-16-6-8-29-9-7-16/h2-3,12,16,19,21,29H,4-11,13-15H2,1H3,(H,30,35,36). The van der Waals surface area contributed by atoms with Gasteiger partial charge in [0.1, 0.15) is 12.1 Å². The Morgan fingerprint density at radius 3 is 2.49 bits per heavy atom. The van der Waals surface area contributed by atoms with Gasteiger partial charge in [-0.15, -0.1) is 0 Å². The molecular formula is C25H33F3N6O3. The molecular weight excluding hydrogens is 489 g/mol. The number of benzene rings is 1. The number of nitrogens with one attached hydrogen (secondary N) is 2. The smallest absolute Gasteiger partial charge is 0.317 e. The average Bonchev–Trinajstić information content (AvgIpc) is 3.10. The van der Waals surface area contributed by atoms with Crippen LogP contribution in [0.5, 0.6) is 0 Å². The van der Waals surface area contributed by atoms with Crippen LogP contribution in [0.2, 0.25) is 0 Å². The minimum absolute atomic E-state index is 0.0945. The summed E-state index contributed by atoms with van der Waals surface area (Å²) in [7, 11) is 1.61. The summed E-state index contributed by atoms with van der Waals surface area (Å²) < 4.78 is 44.9. The summed E-state index contributed by atoms with van der Waals surface area (Å²) in [5, 5.41) is 5.55. The van der Waals surface area contributed by atoms with Crippen molar-refractivity contribution in [2.24, 2.45) is 13.0 Å². The molecule has 2 amide bonds. The van der Waals surface area contributed by atoms with Crippen LogP contribution in [0.15, 0.2) is 23.0 Å². The Labute approximate surface area is 212 Å². The van der Waals surface area contributed by atoms with Gasteiger partial charge in [0.25, 0.3) is 0 Å². The highest BCUT2D eigenvalue weighted by atomic mass is 19.4. The Morgan fingerprint density at radius 1 is 1.03 bits per heavy atom. The first-order valence-corrected chi connectivity index (χ1v) is 12.9. The molecule has 202 valence electrons. The van der Waals surface area contributed by atoms with Crippen LogP contribution in [0.4, 0.5) is 13.2 Å². The van der Waals surface area contributed by atoms with E-state index in [-0.39, 0.29) is 36.9 Å². The Kier molecular flexibility index (Phi) is 7.16. The molecule has 0 aliphatic carbocycles. The second kappa shape index (κ2) is 10.2. The molecule has 1 aromatic heterocycles. The molecule has 3 aliphatic rings. The number of imidazole rings is 1. The van der Waals surface area contributed by atoms with E-state index >= 15 is 0 Å². The number of carbonyl (C=O) groups excluding carboxylic acids is 2. The van der Waals surface area contributed by atoms with Gasteiger partial charge in [-0.1, -0.05) is 6.07 Å². The van der Waals surface area contributed by atoms with Gasteiger partial charge in [-0.3, -0.25) is 33.8 Å². The van der Waals surface area contributed by atoms with Crippen molar-refractivity contribution in [2.75, 3.05) is 39.3 Å². The quantitative estimate of drug-likeness (QED) is 0.577. The monoisotopic (exact) mass is 522 g/mol. The van der Waals surface area contributed by atoms with Crippen molar-refractivity contribution in [3.63, 3.8) is 0 Å². The molecule has 0 spiro atoms. The molecule has 9 nitrogen and oxygen atoms in total. The number of nitrogens with zero attached hydrogens (tertiary/aromatic N) is 4. The Hall–Kier alpha value is -2.70. The molecule has 2 aromatic rings. The number of piperazine rings is 1. The van der Waals surface area contributed by atoms with E-state index in [9.17, 15) is 27.6 Å². The number of aryl methyl sites for hydroxylation is 1. The van der Waals surface area contributed by atoms with Crippen molar-refractivity contribution in [3.8, 4) is 0 Å². The number of aromatic nitrogens is 2. The molecule has 4 heterocycles. The van der Waals surface area contributed by atoms with Crippen LogP contribution in [0.3, 0.4) is 0 Å². The normalized spacial score (nSPS) is 25.1. The topological polar surface area (TPSA) is 91.6 Å². The van der Waals surface area contributed by atoms with E-state index in [2.05, 4.69) is 10.6 Å². The van der Waals surface area contributed by atoms with Crippen molar-refractivity contribution in [1.29, 1.82) is 0 Å².